The van der Waals surface area contributed by atoms with Crippen molar-refractivity contribution in [2.75, 3.05) is 0 Å². The molecule has 1 aromatic heterocycles. The Morgan fingerprint density at radius 1 is 1.35 bits per heavy atom. The van der Waals surface area contributed by atoms with E-state index in [9.17, 15) is 0 Å². The van der Waals surface area contributed by atoms with E-state index in [-0.39, 0.29) is 5.54 Å². The van der Waals surface area contributed by atoms with E-state index in [0.29, 0.717) is 0 Å². The number of hydrogen-bond donors (Lipinski definition) is 2. The molecule has 0 aliphatic carbocycles. The Kier molecular flexibility index (Phi) is 4.88. The van der Waals surface area contributed by atoms with Gasteiger partial charge in [-0.25, -0.2) is 4.98 Å². The van der Waals surface area contributed by atoms with Gasteiger partial charge in [-0.2, -0.15) is 0 Å². The maximum absolute atomic E-state index is 4.35. The summed E-state index contributed by atoms with van der Waals surface area (Å²) in [4.78, 5) is 5.51. The SMILES string of the molecule is Cc1nc(Sc2cc(Br)ccc2CNC(C)(C)C)n[nH]1. The summed E-state index contributed by atoms with van der Waals surface area (Å²) in [6.07, 6.45) is 0. The summed E-state index contributed by atoms with van der Waals surface area (Å²) >= 11 is 5.10. The van der Waals surface area contributed by atoms with Crippen LogP contribution >= 0.6 is 27.7 Å². The topological polar surface area (TPSA) is 53.6 Å². The largest absolute Gasteiger partial charge is 0.308 e. The van der Waals surface area contributed by atoms with E-state index in [2.05, 4.69) is 75.4 Å². The molecular formula is C14H19BrN4S. The van der Waals surface area contributed by atoms with Gasteiger partial charge in [0.1, 0.15) is 5.82 Å². The molecule has 20 heavy (non-hydrogen) atoms. The van der Waals surface area contributed by atoms with Crippen molar-refractivity contribution in [3.05, 3.63) is 34.1 Å². The van der Waals surface area contributed by atoms with Crippen molar-refractivity contribution in [2.24, 2.45) is 0 Å². The van der Waals surface area contributed by atoms with Crippen LogP contribution in [0.25, 0.3) is 0 Å². The predicted molar refractivity (Wildman–Crippen MR) is 86.0 cm³/mol. The Labute approximate surface area is 132 Å². The third-order valence-electron chi connectivity index (χ3n) is 2.62. The molecule has 0 aliphatic heterocycles. The third kappa shape index (κ3) is 4.61. The minimum Gasteiger partial charge on any atom is -0.308 e. The van der Waals surface area contributed by atoms with Crippen LogP contribution in [0.3, 0.4) is 0 Å². The molecule has 0 saturated heterocycles. The molecule has 0 unspecified atom stereocenters. The number of rotatable bonds is 4. The highest BCUT2D eigenvalue weighted by molar-refractivity contribution is 9.10. The third-order valence-corrected chi connectivity index (χ3v) is 4.07. The van der Waals surface area contributed by atoms with E-state index in [1.165, 1.54) is 5.56 Å². The van der Waals surface area contributed by atoms with Crippen molar-refractivity contribution in [3.63, 3.8) is 0 Å². The van der Waals surface area contributed by atoms with Crippen LogP contribution < -0.4 is 5.32 Å². The first-order chi connectivity index (χ1) is 9.33. The van der Waals surface area contributed by atoms with Gasteiger partial charge in [0.15, 0.2) is 0 Å². The first-order valence-electron chi connectivity index (χ1n) is 6.44. The van der Waals surface area contributed by atoms with Crippen molar-refractivity contribution >= 4 is 27.7 Å². The van der Waals surface area contributed by atoms with Gasteiger partial charge in [-0.15, -0.1) is 5.10 Å². The summed E-state index contributed by atoms with van der Waals surface area (Å²) in [5, 5.41) is 11.3. The summed E-state index contributed by atoms with van der Waals surface area (Å²) in [7, 11) is 0. The van der Waals surface area contributed by atoms with E-state index in [4.69, 9.17) is 0 Å². The predicted octanol–water partition coefficient (Wildman–Crippen LogP) is 3.91. The first kappa shape index (κ1) is 15.5. The van der Waals surface area contributed by atoms with Crippen LogP contribution in [-0.2, 0) is 6.54 Å². The van der Waals surface area contributed by atoms with Gasteiger partial charge in [-0.05, 0) is 57.2 Å². The van der Waals surface area contributed by atoms with E-state index < -0.39 is 0 Å². The molecule has 0 radical (unpaired) electrons. The van der Waals surface area contributed by atoms with Gasteiger partial charge in [0.25, 0.3) is 0 Å². The second-order valence-electron chi connectivity index (χ2n) is 5.66. The fourth-order valence-electron chi connectivity index (χ4n) is 1.60. The van der Waals surface area contributed by atoms with Crippen LogP contribution in [0.5, 0.6) is 0 Å². The number of nitrogens with zero attached hydrogens (tertiary/aromatic N) is 2. The summed E-state index contributed by atoms with van der Waals surface area (Å²) < 4.78 is 1.06. The standard InChI is InChI=1S/C14H19BrN4S/c1-9-17-13(19-18-9)20-12-7-11(15)6-5-10(12)8-16-14(2,3)4/h5-7,16H,8H2,1-4H3,(H,17,18,19). The number of H-pyrrole nitrogens is 1. The summed E-state index contributed by atoms with van der Waals surface area (Å²) in [6, 6.07) is 6.30. The van der Waals surface area contributed by atoms with Crippen LogP contribution in [0.1, 0.15) is 32.2 Å². The molecule has 4 nitrogen and oxygen atoms in total. The molecule has 2 rings (SSSR count). The van der Waals surface area contributed by atoms with Crippen molar-refractivity contribution in [1.29, 1.82) is 0 Å². The summed E-state index contributed by atoms with van der Waals surface area (Å²) in [5.41, 5.74) is 1.34. The van der Waals surface area contributed by atoms with Gasteiger partial charge < -0.3 is 5.32 Å². The minimum absolute atomic E-state index is 0.0934. The van der Waals surface area contributed by atoms with Crippen molar-refractivity contribution in [2.45, 2.75) is 49.8 Å². The van der Waals surface area contributed by atoms with Crippen LogP contribution in [0.4, 0.5) is 0 Å². The van der Waals surface area contributed by atoms with E-state index in [1.54, 1.807) is 11.8 Å². The average molecular weight is 355 g/mol. The lowest BCUT2D eigenvalue weighted by Gasteiger charge is -2.21. The Hall–Kier alpha value is -0.850. The highest BCUT2D eigenvalue weighted by Gasteiger charge is 2.12. The fraction of sp³-hybridized carbons (Fsp3) is 0.429. The molecule has 1 aromatic carbocycles. The number of halogens is 1. The van der Waals surface area contributed by atoms with Crippen LogP contribution in [0.2, 0.25) is 0 Å². The van der Waals surface area contributed by atoms with Crippen molar-refractivity contribution in [3.8, 4) is 0 Å². The molecule has 0 fully saturated rings. The Morgan fingerprint density at radius 2 is 2.10 bits per heavy atom. The second kappa shape index (κ2) is 6.28. The molecular weight excluding hydrogens is 336 g/mol. The maximum Gasteiger partial charge on any atom is 0.213 e. The molecule has 0 atom stereocenters. The smallest absolute Gasteiger partial charge is 0.213 e. The fourth-order valence-corrected chi connectivity index (χ4v) is 3.04. The number of nitrogens with one attached hydrogen (secondary N) is 2. The van der Waals surface area contributed by atoms with Gasteiger partial charge in [0.05, 0.1) is 0 Å². The molecule has 0 saturated carbocycles. The minimum atomic E-state index is 0.0934. The number of hydrogen-bond acceptors (Lipinski definition) is 4. The zero-order chi connectivity index (χ0) is 14.8. The van der Waals surface area contributed by atoms with E-state index >= 15 is 0 Å². The van der Waals surface area contributed by atoms with Crippen molar-refractivity contribution in [1.82, 2.24) is 20.5 Å². The lowest BCUT2D eigenvalue weighted by molar-refractivity contribution is 0.422. The van der Waals surface area contributed by atoms with Crippen LogP contribution in [0.15, 0.2) is 32.7 Å². The summed E-state index contributed by atoms with van der Waals surface area (Å²) in [5.74, 6) is 0.830. The normalized spacial score (nSPS) is 11.8. The molecule has 0 spiro atoms. The summed E-state index contributed by atoms with van der Waals surface area (Å²) in [6.45, 7) is 9.22. The molecule has 0 bridgehead atoms. The number of aromatic amines is 1. The number of aryl methyl sites for hydroxylation is 1. The maximum atomic E-state index is 4.35. The van der Waals surface area contributed by atoms with Gasteiger partial charge in [-0.1, -0.05) is 22.0 Å². The zero-order valence-corrected chi connectivity index (χ0v) is 14.5. The van der Waals surface area contributed by atoms with Crippen LogP contribution in [-0.4, -0.2) is 20.7 Å². The molecule has 2 N–H and O–H groups in total. The van der Waals surface area contributed by atoms with Crippen molar-refractivity contribution < 1.29 is 0 Å². The molecule has 1 heterocycles. The highest BCUT2D eigenvalue weighted by Crippen LogP contribution is 2.30. The Bertz CT molecular complexity index is 589. The quantitative estimate of drug-likeness (QED) is 0.873. The number of benzene rings is 1. The molecule has 108 valence electrons. The Balaban J connectivity index is 2.19. The van der Waals surface area contributed by atoms with E-state index in [1.807, 2.05) is 6.92 Å². The molecule has 6 heteroatoms. The number of aromatic nitrogens is 3. The second-order valence-corrected chi connectivity index (χ2v) is 7.59. The Morgan fingerprint density at radius 3 is 2.70 bits per heavy atom. The molecule has 0 aliphatic rings. The van der Waals surface area contributed by atoms with Gasteiger partial charge in [0.2, 0.25) is 5.16 Å². The van der Waals surface area contributed by atoms with E-state index in [0.717, 1.165) is 26.9 Å². The first-order valence-corrected chi connectivity index (χ1v) is 8.05. The molecule has 2 aromatic rings. The van der Waals surface area contributed by atoms with Gasteiger partial charge in [0, 0.05) is 21.5 Å². The highest BCUT2D eigenvalue weighted by atomic mass is 79.9. The molecule has 0 amide bonds. The lowest BCUT2D eigenvalue weighted by atomic mass is 10.1. The zero-order valence-electron chi connectivity index (χ0n) is 12.1. The van der Waals surface area contributed by atoms with Gasteiger partial charge >= 0.3 is 0 Å². The average Bonchev–Trinajstić information content (AvgIpc) is 2.72. The monoisotopic (exact) mass is 354 g/mol. The van der Waals surface area contributed by atoms with Crippen LogP contribution in [0, 0.1) is 6.92 Å². The van der Waals surface area contributed by atoms with Gasteiger partial charge in [-0.3, -0.25) is 5.10 Å². The lowest BCUT2D eigenvalue weighted by Crippen LogP contribution is -2.35.